The summed E-state index contributed by atoms with van der Waals surface area (Å²) in [5.74, 6) is 0.0890. The Kier molecular flexibility index (Phi) is 7.02. The Balaban J connectivity index is 1.93. The maximum atomic E-state index is 13.4. The zero-order valence-electron chi connectivity index (χ0n) is 18.2. The Labute approximate surface area is 181 Å². The van der Waals surface area contributed by atoms with Crippen molar-refractivity contribution in [3.63, 3.8) is 0 Å². The number of methoxy groups -OCH3 is 1. The van der Waals surface area contributed by atoms with Gasteiger partial charge in [-0.2, -0.15) is 4.98 Å². The van der Waals surface area contributed by atoms with E-state index in [9.17, 15) is 9.18 Å². The van der Waals surface area contributed by atoms with Gasteiger partial charge in [0.1, 0.15) is 12.4 Å². The SMILES string of the molecule is COCCOc1nc(-c2ccc(F)cc2)n(-c2cccc(NC(=O)CC(C)(C)C)c2)n1. The van der Waals surface area contributed by atoms with Gasteiger partial charge in [0.05, 0.1) is 12.3 Å². The average Bonchev–Trinajstić information content (AvgIpc) is 3.12. The van der Waals surface area contributed by atoms with Crippen LogP contribution >= 0.6 is 0 Å². The summed E-state index contributed by atoms with van der Waals surface area (Å²) in [5, 5.41) is 7.38. The van der Waals surface area contributed by atoms with E-state index in [4.69, 9.17) is 9.47 Å². The first kappa shape index (κ1) is 22.4. The Bertz CT molecular complexity index is 1030. The van der Waals surface area contributed by atoms with E-state index >= 15 is 0 Å². The van der Waals surface area contributed by atoms with Crippen LogP contribution in [0.3, 0.4) is 0 Å². The average molecular weight is 426 g/mol. The second-order valence-electron chi connectivity index (χ2n) is 8.31. The smallest absolute Gasteiger partial charge is 0.336 e. The van der Waals surface area contributed by atoms with Crippen LogP contribution in [0.25, 0.3) is 17.1 Å². The van der Waals surface area contributed by atoms with Crippen LogP contribution < -0.4 is 10.1 Å². The summed E-state index contributed by atoms with van der Waals surface area (Å²) in [6, 6.07) is 13.5. The third-order valence-electron chi connectivity index (χ3n) is 4.27. The molecule has 0 spiro atoms. The molecule has 164 valence electrons. The van der Waals surface area contributed by atoms with Crippen LogP contribution in [0.1, 0.15) is 27.2 Å². The van der Waals surface area contributed by atoms with Crippen molar-refractivity contribution >= 4 is 11.6 Å². The lowest BCUT2D eigenvalue weighted by atomic mass is 9.92. The van der Waals surface area contributed by atoms with Crippen LogP contribution in [0.4, 0.5) is 10.1 Å². The first-order valence-electron chi connectivity index (χ1n) is 10.0. The van der Waals surface area contributed by atoms with Gasteiger partial charge in [-0.3, -0.25) is 4.79 Å². The number of aromatic nitrogens is 3. The Hall–Kier alpha value is -3.26. The predicted octanol–water partition coefficient (Wildman–Crippen LogP) is 4.47. The fraction of sp³-hybridized carbons (Fsp3) is 0.348. The number of hydrogen-bond acceptors (Lipinski definition) is 5. The number of carbonyl (C=O) groups excluding carboxylic acids is 1. The number of benzene rings is 2. The predicted molar refractivity (Wildman–Crippen MR) is 117 cm³/mol. The van der Waals surface area contributed by atoms with Crippen LogP contribution in [0.5, 0.6) is 6.01 Å². The van der Waals surface area contributed by atoms with Crippen LogP contribution in [-0.4, -0.2) is 41.0 Å². The second-order valence-corrected chi connectivity index (χ2v) is 8.31. The summed E-state index contributed by atoms with van der Waals surface area (Å²) < 4.78 is 25.6. The lowest BCUT2D eigenvalue weighted by molar-refractivity contribution is -0.117. The topological polar surface area (TPSA) is 78.3 Å². The highest BCUT2D eigenvalue weighted by atomic mass is 19.1. The zero-order chi connectivity index (χ0) is 22.4. The largest absolute Gasteiger partial charge is 0.460 e. The maximum Gasteiger partial charge on any atom is 0.336 e. The quantitative estimate of drug-likeness (QED) is 0.538. The maximum absolute atomic E-state index is 13.4. The van der Waals surface area contributed by atoms with Crippen LogP contribution in [0.15, 0.2) is 48.5 Å². The molecule has 0 saturated heterocycles. The van der Waals surface area contributed by atoms with Crippen molar-refractivity contribution in [3.8, 4) is 23.1 Å². The van der Waals surface area contributed by atoms with Gasteiger partial charge in [-0.1, -0.05) is 26.8 Å². The fourth-order valence-corrected chi connectivity index (χ4v) is 2.94. The van der Waals surface area contributed by atoms with E-state index in [0.29, 0.717) is 42.4 Å². The van der Waals surface area contributed by atoms with E-state index in [0.717, 1.165) is 0 Å². The van der Waals surface area contributed by atoms with Gasteiger partial charge in [-0.05, 0) is 47.9 Å². The summed E-state index contributed by atoms with van der Waals surface area (Å²) in [6.45, 7) is 6.73. The third-order valence-corrected chi connectivity index (χ3v) is 4.27. The van der Waals surface area contributed by atoms with Crippen LogP contribution in [0.2, 0.25) is 0 Å². The van der Waals surface area contributed by atoms with Crippen molar-refractivity contribution in [1.29, 1.82) is 0 Å². The summed E-state index contributed by atoms with van der Waals surface area (Å²) in [7, 11) is 1.58. The normalized spacial score (nSPS) is 11.4. The molecule has 0 saturated carbocycles. The molecule has 0 radical (unpaired) electrons. The van der Waals surface area contributed by atoms with Crippen molar-refractivity contribution in [2.24, 2.45) is 5.41 Å². The van der Waals surface area contributed by atoms with Crippen molar-refractivity contribution in [2.75, 3.05) is 25.6 Å². The van der Waals surface area contributed by atoms with Gasteiger partial charge in [0, 0.05) is 24.8 Å². The number of carbonyl (C=O) groups is 1. The first-order valence-corrected chi connectivity index (χ1v) is 10.0. The molecular formula is C23H27FN4O3. The number of hydrogen-bond donors (Lipinski definition) is 1. The number of amides is 1. The fourth-order valence-electron chi connectivity index (χ4n) is 2.94. The number of nitrogens with one attached hydrogen (secondary N) is 1. The Morgan fingerprint density at radius 3 is 2.55 bits per heavy atom. The number of ether oxygens (including phenoxy) is 2. The van der Waals surface area contributed by atoms with E-state index in [1.165, 1.54) is 12.1 Å². The second kappa shape index (κ2) is 9.70. The van der Waals surface area contributed by atoms with Gasteiger partial charge in [0.15, 0.2) is 5.82 Å². The summed E-state index contributed by atoms with van der Waals surface area (Å²) in [5.41, 5.74) is 1.89. The van der Waals surface area contributed by atoms with E-state index in [2.05, 4.69) is 15.4 Å². The van der Waals surface area contributed by atoms with Crippen LogP contribution in [-0.2, 0) is 9.53 Å². The van der Waals surface area contributed by atoms with Crippen molar-refractivity contribution in [1.82, 2.24) is 14.8 Å². The summed E-state index contributed by atoms with van der Waals surface area (Å²) in [4.78, 5) is 16.8. The van der Waals surface area contributed by atoms with E-state index in [1.54, 1.807) is 30.0 Å². The van der Waals surface area contributed by atoms with Crippen molar-refractivity contribution in [2.45, 2.75) is 27.2 Å². The molecule has 3 rings (SSSR count). The van der Waals surface area contributed by atoms with Gasteiger partial charge in [0.2, 0.25) is 5.91 Å². The zero-order valence-corrected chi connectivity index (χ0v) is 18.2. The molecule has 7 nitrogen and oxygen atoms in total. The van der Waals surface area contributed by atoms with E-state index in [1.807, 2.05) is 39.0 Å². The number of rotatable bonds is 8. The molecule has 0 bridgehead atoms. The number of nitrogens with zero attached hydrogens (tertiary/aromatic N) is 3. The molecule has 0 fully saturated rings. The molecule has 0 aliphatic heterocycles. The minimum Gasteiger partial charge on any atom is -0.460 e. The molecule has 8 heteroatoms. The molecule has 0 atom stereocenters. The molecule has 31 heavy (non-hydrogen) atoms. The van der Waals surface area contributed by atoms with Crippen molar-refractivity contribution in [3.05, 3.63) is 54.3 Å². The number of anilines is 1. The summed E-state index contributed by atoms with van der Waals surface area (Å²) in [6.07, 6.45) is 0.402. The Morgan fingerprint density at radius 2 is 1.87 bits per heavy atom. The molecular weight excluding hydrogens is 399 g/mol. The molecule has 1 amide bonds. The highest BCUT2D eigenvalue weighted by Crippen LogP contribution is 2.26. The highest BCUT2D eigenvalue weighted by molar-refractivity contribution is 5.91. The molecule has 0 unspecified atom stereocenters. The molecule has 0 aliphatic carbocycles. The lowest BCUT2D eigenvalue weighted by Crippen LogP contribution is -2.19. The molecule has 3 aromatic rings. The molecule has 0 aliphatic rings. The van der Waals surface area contributed by atoms with Crippen molar-refractivity contribution < 1.29 is 18.7 Å². The minimum atomic E-state index is -0.338. The Morgan fingerprint density at radius 1 is 1.13 bits per heavy atom. The molecule has 1 heterocycles. The van der Waals surface area contributed by atoms with E-state index in [-0.39, 0.29) is 23.1 Å². The molecule has 2 aromatic carbocycles. The minimum absolute atomic E-state index is 0.0643. The van der Waals surface area contributed by atoms with Crippen LogP contribution in [0, 0.1) is 11.2 Å². The van der Waals surface area contributed by atoms with E-state index < -0.39 is 0 Å². The number of halogens is 1. The third kappa shape index (κ3) is 6.36. The van der Waals surface area contributed by atoms with Gasteiger partial charge >= 0.3 is 6.01 Å². The van der Waals surface area contributed by atoms with Gasteiger partial charge in [-0.15, -0.1) is 5.10 Å². The highest BCUT2D eigenvalue weighted by Gasteiger charge is 2.18. The summed E-state index contributed by atoms with van der Waals surface area (Å²) >= 11 is 0. The van der Waals surface area contributed by atoms with Gasteiger partial charge in [0.25, 0.3) is 0 Å². The standard InChI is InChI=1S/C23H27FN4O3/c1-23(2,3)15-20(29)25-18-6-5-7-19(14-18)28-21(16-8-10-17(24)11-9-16)26-22(27-28)31-13-12-30-4/h5-11,14H,12-13,15H2,1-4H3,(H,25,29). The lowest BCUT2D eigenvalue weighted by Gasteiger charge is -2.17. The monoisotopic (exact) mass is 426 g/mol. The molecule has 1 aromatic heterocycles. The first-order chi connectivity index (χ1) is 14.7. The van der Waals surface area contributed by atoms with Gasteiger partial charge in [-0.25, -0.2) is 9.07 Å². The van der Waals surface area contributed by atoms with Gasteiger partial charge < -0.3 is 14.8 Å². The molecule has 1 N–H and O–H groups in total.